The lowest BCUT2D eigenvalue weighted by Gasteiger charge is -2.26. The van der Waals surface area contributed by atoms with Crippen LogP contribution in [0.15, 0.2) is 13.6 Å². The van der Waals surface area contributed by atoms with Crippen LogP contribution in [0.2, 0.25) is 0 Å². The van der Waals surface area contributed by atoms with E-state index in [4.69, 9.17) is 5.73 Å². The number of thiophene rings is 1. The molecule has 0 aromatic carbocycles. The maximum atomic E-state index is 12.4. The van der Waals surface area contributed by atoms with Crippen molar-refractivity contribution in [3.8, 4) is 0 Å². The van der Waals surface area contributed by atoms with E-state index in [0.29, 0.717) is 11.6 Å². The smallest absolute Gasteiger partial charge is 0.231 e. The van der Waals surface area contributed by atoms with Crippen LogP contribution in [0.3, 0.4) is 0 Å². The Morgan fingerprint density at radius 1 is 1.30 bits per heavy atom. The Labute approximate surface area is 139 Å². The third kappa shape index (κ3) is 4.13. The van der Waals surface area contributed by atoms with Crippen LogP contribution in [-0.4, -0.2) is 35.7 Å². The summed E-state index contributed by atoms with van der Waals surface area (Å²) in [7, 11) is 0. The van der Waals surface area contributed by atoms with Gasteiger partial charge in [0.1, 0.15) is 0 Å². The lowest BCUT2D eigenvalue weighted by atomic mass is 10.1. The van der Waals surface area contributed by atoms with Gasteiger partial charge in [0.05, 0.1) is 20.7 Å². The third-order valence-corrected chi connectivity index (χ3v) is 5.84. The maximum Gasteiger partial charge on any atom is 0.231 e. The number of hydrogen-bond acceptors (Lipinski definition) is 4. The summed E-state index contributed by atoms with van der Waals surface area (Å²) in [5.41, 5.74) is 5.96. The van der Waals surface area contributed by atoms with Crippen molar-refractivity contribution in [3.05, 3.63) is 19.2 Å². The largest absolute Gasteiger partial charge is 0.369 e. The number of rotatable bonds is 6. The van der Waals surface area contributed by atoms with Gasteiger partial charge >= 0.3 is 0 Å². The molecule has 0 bridgehead atoms. The number of halogens is 2. The molecule has 0 atom stereocenters. The second kappa shape index (κ2) is 7.15. The molecule has 0 unspecified atom stereocenters. The Kier molecular flexibility index (Phi) is 5.77. The Bertz CT molecular complexity index is 512. The van der Waals surface area contributed by atoms with Gasteiger partial charge in [0.2, 0.25) is 5.91 Å². The van der Waals surface area contributed by atoms with E-state index in [-0.39, 0.29) is 24.8 Å². The van der Waals surface area contributed by atoms with E-state index < -0.39 is 0 Å². The standard InChI is InChI=1S/C13H16Br2N2O2S/c14-11-5-9(13(15)20-11)10(18)6-17(7-12(16)19)8-3-1-2-4-8/h5,8H,1-4,6-7H2,(H2,16,19). The quantitative estimate of drug-likeness (QED) is 0.714. The van der Waals surface area contributed by atoms with E-state index in [1.54, 1.807) is 0 Å². The summed E-state index contributed by atoms with van der Waals surface area (Å²) in [4.78, 5) is 25.5. The van der Waals surface area contributed by atoms with Gasteiger partial charge in [-0.05, 0) is 50.8 Å². The number of nitrogens with two attached hydrogens (primary N) is 1. The minimum atomic E-state index is -0.379. The van der Waals surface area contributed by atoms with Crippen LogP contribution >= 0.6 is 43.2 Å². The highest BCUT2D eigenvalue weighted by Crippen LogP contribution is 2.32. The summed E-state index contributed by atoms with van der Waals surface area (Å²) in [6, 6.07) is 2.11. The molecule has 1 amide bonds. The van der Waals surface area contributed by atoms with Crippen LogP contribution < -0.4 is 5.73 Å². The SMILES string of the molecule is NC(=O)CN(CC(=O)c1cc(Br)sc1Br)C1CCCC1. The van der Waals surface area contributed by atoms with Crippen molar-refractivity contribution in [1.29, 1.82) is 0 Å². The molecule has 0 spiro atoms. The van der Waals surface area contributed by atoms with Gasteiger partial charge in [0, 0.05) is 11.6 Å². The molecular weight excluding hydrogens is 408 g/mol. The van der Waals surface area contributed by atoms with E-state index >= 15 is 0 Å². The fraction of sp³-hybridized carbons (Fsp3) is 0.538. The van der Waals surface area contributed by atoms with Gasteiger partial charge in [0.25, 0.3) is 0 Å². The summed E-state index contributed by atoms with van der Waals surface area (Å²) < 4.78 is 1.73. The molecule has 0 radical (unpaired) electrons. The molecule has 2 N–H and O–H groups in total. The molecule has 1 aromatic heterocycles. The van der Waals surface area contributed by atoms with Crippen LogP contribution in [0.1, 0.15) is 36.0 Å². The molecular formula is C13H16Br2N2O2S. The molecule has 1 aliphatic carbocycles. The third-order valence-electron chi connectivity index (χ3n) is 3.50. The fourth-order valence-electron chi connectivity index (χ4n) is 2.58. The van der Waals surface area contributed by atoms with Crippen LogP contribution in [0.5, 0.6) is 0 Å². The average Bonchev–Trinajstić information content (AvgIpc) is 2.97. The highest BCUT2D eigenvalue weighted by atomic mass is 79.9. The summed E-state index contributed by atoms with van der Waals surface area (Å²) >= 11 is 8.25. The highest BCUT2D eigenvalue weighted by Gasteiger charge is 2.26. The van der Waals surface area contributed by atoms with Crippen molar-refractivity contribution < 1.29 is 9.59 Å². The van der Waals surface area contributed by atoms with E-state index in [2.05, 4.69) is 31.9 Å². The van der Waals surface area contributed by atoms with Crippen molar-refractivity contribution in [3.63, 3.8) is 0 Å². The molecule has 20 heavy (non-hydrogen) atoms. The lowest BCUT2D eigenvalue weighted by Crippen LogP contribution is -2.43. The summed E-state index contributed by atoms with van der Waals surface area (Å²) in [5.74, 6) is -0.359. The number of carbonyl (C=O) groups is 2. The molecule has 4 nitrogen and oxygen atoms in total. The Morgan fingerprint density at radius 2 is 1.95 bits per heavy atom. The molecule has 1 aromatic rings. The lowest BCUT2D eigenvalue weighted by molar-refractivity contribution is -0.119. The van der Waals surface area contributed by atoms with Crippen LogP contribution in [0.4, 0.5) is 0 Å². The summed E-state index contributed by atoms with van der Waals surface area (Å²) in [5, 5.41) is 0. The maximum absolute atomic E-state index is 12.4. The molecule has 1 aliphatic rings. The zero-order valence-electron chi connectivity index (χ0n) is 10.9. The fourth-order valence-corrected chi connectivity index (χ4v) is 5.44. The van der Waals surface area contributed by atoms with Crippen molar-refractivity contribution >= 4 is 54.9 Å². The van der Waals surface area contributed by atoms with Crippen LogP contribution in [0, 0.1) is 0 Å². The van der Waals surface area contributed by atoms with Gasteiger partial charge in [-0.15, -0.1) is 11.3 Å². The van der Waals surface area contributed by atoms with E-state index in [1.807, 2.05) is 11.0 Å². The van der Waals surface area contributed by atoms with Crippen molar-refractivity contribution in [2.45, 2.75) is 31.7 Å². The zero-order chi connectivity index (χ0) is 14.7. The van der Waals surface area contributed by atoms with E-state index in [1.165, 1.54) is 11.3 Å². The summed E-state index contributed by atoms with van der Waals surface area (Å²) in [6.07, 6.45) is 4.38. The molecule has 1 saturated carbocycles. The minimum absolute atomic E-state index is 0.0203. The number of amides is 1. The van der Waals surface area contributed by atoms with E-state index in [0.717, 1.165) is 33.3 Å². The first-order valence-corrected chi connectivity index (χ1v) is 8.88. The second-order valence-electron chi connectivity index (χ2n) is 4.97. The number of Topliss-reactive ketones (excluding diaryl/α,β-unsaturated/α-hetero) is 1. The number of nitrogens with zero attached hydrogens (tertiary/aromatic N) is 1. The van der Waals surface area contributed by atoms with Gasteiger partial charge in [-0.25, -0.2) is 0 Å². The molecule has 1 fully saturated rings. The highest BCUT2D eigenvalue weighted by molar-refractivity contribution is 9.12. The first-order chi connectivity index (χ1) is 9.47. The first kappa shape index (κ1) is 16.1. The average molecular weight is 424 g/mol. The van der Waals surface area contributed by atoms with Crippen molar-refractivity contribution in [2.24, 2.45) is 5.73 Å². The Morgan fingerprint density at radius 3 is 2.45 bits per heavy atom. The zero-order valence-corrected chi connectivity index (χ0v) is 14.9. The van der Waals surface area contributed by atoms with Crippen LogP contribution in [0.25, 0.3) is 0 Å². The predicted molar refractivity (Wildman–Crippen MR) is 87.1 cm³/mol. The van der Waals surface area contributed by atoms with Gasteiger partial charge < -0.3 is 5.73 Å². The monoisotopic (exact) mass is 422 g/mol. The second-order valence-corrected chi connectivity index (χ2v) is 8.72. The Balaban J connectivity index is 2.08. The Hall–Kier alpha value is -0.240. The molecule has 110 valence electrons. The van der Waals surface area contributed by atoms with Gasteiger partial charge in [-0.1, -0.05) is 12.8 Å². The molecule has 7 heteroatoms. The van der Waals surface area contributed by atoms with Gasteiger partial charge in [-0.3, -0.25) is 14.5 Å². The minimum Gasteiger partial charge on any atom is -0.369 e. The van der Waals surface area contributed by atoms with E-state index in [9.17, 15) is 9.59 Å². The number of primary amides is 1. The predicted octanol–water partition coefficient (Wildman–Crippen LogP) is 3.19. The van der Waals surface area contributed by atoms with Gasteiger partial charge in [0.15, 0.2) is 5.78 Å². The molecule has 0 saturated heterocycles. The normalized spacial score (nSPS) is 15.9. The summed E-state index contributed by atoms with van der Waals surface area (Å²) in [6.45, 7) is 0.398. The number of carbonyl (C=O) groups excluding carboxylic acids is 2. The number of ketones is 1. The van der Waals surface area contributed by atoms with Crippen molar-refractivity contribution in [1.82, 2.24) is 4.90 Å². The topological polar surface area (TPSA) is 63.4 Å². The first-order valence-electron chi connectivity index (χ1n) is 6.47. The van der Waals surface area contributed by atoms with Crippen LogP contribution in [-0.2, 0) is 4.79 Å². The molecule has 0 aliphatic heterocycles. The molecule has 1 heterocycles. The van der Waals surface area contributed by atoms with Crippen molar-refractivity contribution in [2.75, 3.05) is 13.1 Å². The molecule has 2 rings (SSSR count). The number of hydrogen-bond donors (Lipinski definition) is 1. The van der Waals surface area contributed by atoms with Gasteiger partial charge in [-0.2, -0.15) is 0 Å².